The number of hydrogen-bond acceptors (Lipinski definition) is 5. The van der Waals surface area contributed by atoms with E-state index >= 15 is 4.39 Å². The van der Waals surface area contributed by atoms with Gasteiger partial charge in [0.05, 0.1) is 0 Å². The molecule has 8 nitrogen and oxygen atoms in total. The van der Waals surface area contributed by atoms with Crippen LogP contribution in [0.3, 0.4) is 0 Å². The lowest BCUT2D eigenvalue weighted by Crippen LogP contribution is -2.27. The molecular weight excluding hydrogens is 495 g/mol. The molecule has 1 aliphatic carbocycles. The van der Waals surface area contributed by atoms with E-state index in [-0.39, 0.29) is 17.1 Å². The van der Waals surface area contributed by atoms with Crippen LogP contribution in [0.4, 0.5) is 15.9 Å². The minimum atomic E-state index is -0.621. The van der Waals surface area contributed by atoms with Crippen molar-refractivity contribution in [2.24, 2.45) is 0 Å². The summed E-state index contributed by atoms with van der Waals surface area (Å²) in [6.07, 6.45) is 8.63. The highest BCUT2D eigenvalue weighted by atomic mass is 19.1. The molecule has 6 rings (SSSR count). The fourth-order valence-electron chi connectivity index (χ4n) is 5.46. The summed E-state index contributed by atoms with van der Waals surface area (Å²) >= 11 is 0. The fourth-order valence-corrected chi connectivity index (χ4v) is 5.46. The fraction of sp³-hybridized carbons (Fsp3) is 0.200. The van der Waals surface area contributed by atoms with Crippen molar-refractivity contribution in [1.29, 1.82) is 0 Å². The summed E-state index contributed by atoms with van der Waals surface area (Å²) in [6, 6.07) is 18.5. The second kappa shape index (κ2) is 10.2. The van der Waals surface area contributed by atoms with Crippen LogP contribution < -0.4 is 16.6 Å². The number of fused-ring (bicyclic) bond motifs is 1. The van der Waals surface area contributed by atoms with Crippen LogP contribution in [0.1, 0.15) is 54.1 Å². The Hall–Kier alpha value is -4.79. The first-order valence-electron chi connectivity index (χ1n) is 13.0. The van der Waals surface area contributed by atoms with E-state index < -0.39 is 17.3 Å². The number of para-hydroxylation sites is 1. The van der Waals surface area contributed by atoms with Gasteiger partial charge in [0.1, 0.15) is 23.2 Å². The highest BCUT2D eigenvalue weighted by molar-refractivity contribution is 6.04. The zero-order valence-corrected chi connectivity index (χ0v) is 21.2. The molecular formula is C30H27FN6O2. The molecule has 0 atom stereocenters. The van der Waals surface area contributed by atoms with Crippen LogP contribution in [0.15, 0.2) is 84.0 Å². The molecule has 1 saturated carbocycles. The van der Waals surface area contributed by atoms with Gasteiger partial charge in [-0.05, 0) is 61.4 Å². The lowest BCUT2D eigenvalue weighted by Gasteiger charge is -2.21. The molecule has 3 heterocycles. The highest BCUT2D eigenvalue weighted by Crippen LogP contribution is 2.39. The van der Waals surface area contributed by atoms with Gasteiger partial charge in [0.25, 0.3) is 11.5 Å². The number of pyridine rings is 1. The maximum absolute atomic E-state index is 15.6. The Balaban J connectivity index is 1.32. The standard InChI is InChI=1S/C30H27FN6O2/c31-25-16-20(35-29(38)23-12-7-15-36(30(23)39)21-10-5-2-6-11-21)13-14-22(25)24-17-26(19-8-3-1-4-9-19)37-27(24)28(32)33-18-34-37/h2,5-7,10-19H,1,3-4,8-9H2,(H,35,38)(H2,32,33,34). The number of nitrogens with zero attached hydrogens (tertiary/aromatic N) is 4. The van der Waals surface area contributed by atoms with Gasteiger partial charge in [0.15, 0.2) is 5.82 Å². The number of benzene rings is 2. The number of nitrogen functional groups attached to an aromatic ring is 1. The summed E-state index contributed by atoms with van der Waals surface area (Å²) in [5.41, 5.74) is 9.10. The zero-order valence-electron chi connectivity index (χ0n) is 21.2. The summed E-state index contributed by atoms with van der Waals surface area (Å²) in [4.78, 5) is 30.1. The number of aromatic nitrogens is 4. The van der Waals surface area contributed by atoms with Crippen molar-refractivity contribution < 1.29 is 9.18 Å². The van der Waals surface area contributed by atoms with Gasteiger partial charge in [-0.25, -0.2) is 13.9 Å². The molecule has 2 aromatic carbocycles. The third-order valence-corrected chi connectivity index (χ3v) is 7.38. The molecule has 0 spiro atoms. The minimum absolute atomic E-state index is 0.0497. The monoisotopic (exact) mass is 522 g/mol. The predicted molar refractivity (Wildman–Crippen MR) is 149 cm³/mol. The summed E-state index contributed by atoms with van der Waals surface area (Å²) in [6.45, 7) is 0. The van der Waals surface area contributed by atoms with Crippen molar-refractivity contribution in [1.82, 2.24) is 19.2 Å². The molecule has 0 unspecified atom stereocenters. The second-order valence-corrected chi connectivity index (χ2v) is 9.80. The Labute approximate surface area is 223 Å². The van der Waals surface area contributed by atoms with E-state index in [4.69, 9.17) is 5.73 Å². The number of rotatable bonds is 5. The topological polar surface area (TPSA) is 107 Å². The number of hydrogen-bond donors (Lipinski definition) is 2. The van der Waals surface area contributed by atoms with Crippen molar-refractivity contribution in [3.63, 3.8) is 0 Å². The smallest absolute Gasteiger partial charge is 0.267 e. The maximum atomic E-state index is 15.6. The normalized spacial score (nSPS) is 14.0. The van der Waals surface area contributed by atoms with E-state index in [1.54, 1.807) is 41.0 Å². The number of anilines is 2. The Morgan fingerprint density at radius 2 is 1.77 bits per heavy atom. The summed E-state index contributed by atoms with van der Waals surface area (Å²) in [5, 5.41) is 7.09. The molecule has 1 amide bonds. The quantitative estimate of drug-likeness (QED) is 0.314. The van der Waals surface area contributed by atoms with Gasteiger partial charge < -0.3 is 11.1 Å². The second-order valence-electron chi connectivity index (χ2n) is 9.80. The largest absolute Gasteiger partial charge is 0.382 e. The third-order valence-electron chi connectivity index (χ3n) is 7.38. The van der Waals surface area contributed by atoms with E-state index in [0.717, 1.165) is 31.4 Å². The Bertz CT molecular complexity index is 1740. The van der Waals surface area contributed by atoms with Gasteiger partial charge in [0.2, 0.25) is 0 Å². The average molecular weight is 523 g/mol. The van der Waals surface area contributed by atoms with Gasteiger partial charge in [-0.15, -0.1) is 0 Å². The lowest BCUT2D eigenvalue weighted by atomic mass is 9.87. The predicted octanol–water partition coefficient (Wildman–Crippen LogP) is 5.57. The number of carbonyl (C=O) groups excluding carboxylic acids is 1. The molecule has 0 saturated heterocycles. The van der Waals surface area contributed by atoms with Crippen molar-refractivity contribution in [2.75, 3.05) is 11.1 Å². The molecule has 196 valence electrons. The molecule has 9 heteroatoms. The molecule has 39 heavy (non-hydrogen) atoms. The number of amides is 1. The molecule has 3 N–H and O–H groups in total. The van der Waals surface area contributed by atoms with Gasteiger partial charge >= 0.3 is 0 Å². The van der Waals surface area contributed by atoms with Crippen molar-refractivity contribution >= 4 is 22.9 Å². The number of nitrogens with two attached hydrogens (primary N) is 1. The minimum Gasteiger partial charge on any atom is -0.382 e. The molecule has 0 aliphatic heterocycles. The van der Waals surface area contributed by atoms with Crippen LogP contribution in [0, 0.1) is 5.82 Å². The van der Waals surface area contributed by atoms with Gasteiger partial charge in [0, 0.05) is 40.3 Å². The van der Waals surface area contributed by atoms with Gasteiger partial charge in [-0.3, -0.25) is 14.2 Å². The first kappa shape index (κ1) is 24.5. The van der Waals surface area contributed by atoms with Crippen LogP contribution in [-0.4, -0.2) is 25.1 Å². The Kier molecular flexibility index (Phi) is 6.40. The molecule has 1 fully saturated rings. The molecule has 0 bridgehead atoms. The van der Waals surface area contributed by atoms with Crippen molar-refractivity contribution in [2.45, 2.75) is 38.0 Å². The van der Waals surface area contributed by atoms with E-state index in [1.807, 2.05) is 24.3 Å². The number of carbonyl (C=O) groups is 1. The molecule has 5 aromatic rings. The van der Waals surface area contributed by atoms with E-state index in [2.05, 4.69) is 15.4 Å². The average Bonchev–Trinajstić information content (AvgIpc) is 3.35. The van der Waals surface area contributed by atoms with Gasteiger partial charge in [-0.1, -0.05) is 37.5 Å². The van der Waals surface area contributed by atoms with E-state index in [0.29, 0.717) is 28.2 Å². The Morgan fingerprint density at radius 3 is 2.54 bits per heavy atom. The number of nitrogens with one attached hydrogen (secondary N) is 1. The maximum Gasteiger partial charge on any atom is 0.267 e. The van der Waals surface area contributed by atoms with Crippen LogP contribution in [-0.2, 0) is 0 Å². The summed E-state index contributed by atoms with van der Waals surface area (Å²) in [7, 11) is 0. The first-order valence-corrected chi connectivity index (χ1v) is 13.0. The highest BCUT2D eigenvalue weighted by Gasteiger charge is 2.24. The van der Waals surface area contributed by atoms with Crippen LogP contribution >= 0.6 is 0 Å². The SMILES string of the molecule is Nc1ncnn2c(C3CCCCC3)cc(-c3ccc(NC(=O)c4cccn(-c5ccccc5)c4=O)cc3F)c12. The van der Waals surface area contributed by atoms with Crippen LogP contribution in [0.5, 0.6) is 0 Å². The molecule has 1 aliphatic rings. The summed E-state index contributed by atoms with van der Waals surface area (Å²) in [5.74, 6) is -0.558. The van der Waals surface area contributed by atoms with Crippen molar-refractivity contribution in [3.05, 3.63) is 107 Å². The third kappa shape index (κ3) is 4.56. The Morgan fingerprint density at radius 1 is 0.974 bits per heavy atom. The summed E-state index contributed by atoms with van der Waals surface area (Å²) < 4.78 is 18.7. The lowest BCUT2D eigenvalue weighted by molar-refractivity contribution is 0.102. The number of halogens is 1. The van der Waals surface area contributed by atoms with Crippen LogP contribution in [0.2, 0.25) is 0 Å². The zero-order chi connectivity index (χ0) is 26.9. The first-order chi connectivity index (χ1) is 19.0. The van der Waals surface area contributed by atoms with E-state index in [1.165, 1.54) is 29.4 Å². The molecule has 0 radical (unpaired) electrons. The van der Waals surface area contributed by atoms with Crippen molar-refractivity contribution in [3.8, 4) is 16.8 Å². The molecule has 3 aromatic heterocycles. The van der Waals surface area contributed by atoms with Crippen LogP contribution in [0.25, 0.3) is 22.3 Å². The van der Waals surface area contributed by atoms with Gasteiger partial charge in [-0.2, -0.15) is 5.10 Å². The van der Waals surface area contributed by atoms with E-state index in [9.17, 15) is 9.59 Å².